The molecule has 0 bridgehead atoms. The minimum Gasteiger partial charge on any atom is -0.457 e. The lowest BCUT2D eigenvalue weighted by atomic mass is 10.1. The fraction of sp³-hybridized carbons (Fsp3) is 0.923. The van der Waals surface area contributed by atoms with Crippen LogP contribution in [-0.4, -0.2) is 49.7 Å². The molecule has 4 atom stereocenters. The van der Waals surface area contributed by atoms with E-state index in [1.54, 1.807) is 0 Å². The molecule has 0 N–H and O–H groups in total. The molecule has 2 heterocycles. The van der Waals surface area contributed by atoms with Crippen molar-refractivity contribution in [1.29, 1.82) is 0 Å². The Kier molecular flexibility index (Phi) is 4.25. The molecule has 0 spiro atoms. The van der Waals surface area contributed by atoms with E-state index in [9.17, 15) is 4.79 Å². The Labute approximate surface area is 108 Å². The molecule has 0 amide bonds. The van der Waals surface area contributed by atoms with Crippen LogP contribution in [0.3, 0.4) is 0 Å². The zero-order valence-corrected chi connectivity index (χ0v) is 11.4. The number of rotatable bonds is 4. The minimum atomic E-state index is -0.300. The van der Waals surface area contributed by atoms with Crippen LogP contribution in [0.1, 0.15) is 27.7 Å². The SMILES string of the molecule is CC(C)OC1CO[C@@H]2C(OC(=O)C(C)C)CO[C@H]12. The molecule has 5 heteroatoms. The van der Waals surface area contributed by atoms with E-state index in [4.69, 9.17) is 18.9 Å². The van der Waals surface area contributed by atoms with Crippen LogP contribution in [0, 0.1) is 5.92 Å². The number of ether oxygens (including phenoxy) is 4. The number of hydrogen-bond acceptors (Lipinski definition) is 5. The van der Waals surface area contributed by atoms with Gasteiger partial charge in [0, 0.05) is 0 Å². The van der Waals surface area contributed by atoms with Gasteiger partial charge in [0.15, 0.2) is 6.10 Å². The smallest absolute Gasteiger partial charge is 0.308 e. The summed E-state index contributed by atoms with van der Waals surface area (Å²) >= 11 is 0. The van der Waals surface area contributed by atoms with E-state index in [1.165, 1.54) is 0 Å². The Morgan fingerprint density at radius 3 is 2.17 bits per heavy atom. The fourth-order valence-electron chi connectivity index (χ4n) is 2.28. The Hall–Kier alpha value is -0.650. The van der Waals surface area contributed by atoms with Crippen molar-refractivity contribution in [3.8, 4) is 0 Å². The predicted molar refractivity (Wildman–Crippen MR) is 64.2 cm³/mol. The van der Waals surface area contributed by atoms with Gasteiger partial charge in [-0.3, -0.25) is 4.79 Å². The van der Waals surface area contributed by atoms with Crippen LogP contribution in [-0.2, 0) is 23.7 Å². The maximum atomic E-state index is 11.6. The van der Waals surface area contributed by atoms with Gasteiger partial charge in [0.25, 0.3) is 0 Å². The van der Waals surface area contributed by atoms with Crippen molar-refractivity contribution in [3.05, 3.63) is 0 Å². The Balaban J connectivity index is 1.90. The molecule has 0 aliphatic carbocycles. The summed E-state index contributed by atoms with van der Waals surface area (Å²) in [6.07, 6.45) is -0.518. The third-order valence-electron chi connectivity index (χ3n) is 3.15. The Morgan fingerprint density at radius 2 is 1.61 bits per heavy atom. The molecule has 104 valence electrons. The monoisotopic (exact) mass is 258 g/mol. The van der Waals surface area contributed by atoms with Crippen LogP contribution in [0.2, 0.25) is 0 Å². The molecular weight excluding hydrogens is 236 g/mol. The van der Waals surface area contributed by atoms with Crippen LogP contribution in [0.5, 0.6) is 0 Å². The van der Waals surface area contributed by atoms with Gasteiger partial charge in [-0.15, -0.1) is 0 Å². The van der Waals surface area contributed by atoms with Crippen molar-refractivity contribution >= 4 is 5.97 Å². The second kappa shape index (κ2) is 5.55. The standard InChI is InChI=1S/C13H22O5/c1-7(2)13(14)18-10-6-16-11-9(17-8(3)4)5-15-12(10)11/h7-12H,5-6H2,1-4H3/t9?,10?,11-,12-/m1/s1. The summed E-state index contributed by atoms with van der Waals surface area (Å²) in [4.78, 5) is 11.6. The second-order valence-electron chi connectivity index (χ2n) is 5.45. The van der Waals surface area contributed by atoms with Crippen molar-refractivity contribution in [2.45, 2.75) is 58.2 Å². The number of carbonyl (C=O) groups excluding carboxylic acids is 1. The minimum absolute atomic E-state index is 0.0576. The van der Waals surface area contributed by atoms with Crippen molar-refractivity contribution < 1.29 is 23.7 Å². The van der Waals surface area contributed by atoms with Gasteiger partial charge in [0.1, 0.15) is 18.3 Å². The van der Waals surface area contributed by atoms with Crippen LogP contribution in [0.4, 0.5) is 0 Å². The van der Waals surface area contributed by atoms with Crippen LogP contribution < -0.4 is 0 Å². The maximum Gasteiger partial charge on any atom is 0.308 e. The third-order valence-corrected chi connectivity index (χ3v) is 3.15. The van der Waals surface area contributed by atoms with Gasteiger partial charge in [0.2, 0.25) is 0 Å². The lowest BCUT2D eigenvalue weighted by Crippen LogP contribution is -2.36. The van der Waals surface area contributed by atoms with E-state index in [0.717, 1.165) is 0 Å². The zero-order chi connectivity index (χ0) is 13.3. The van der Waals surface area contributed by atoms with Gasteiger partial charge in [-0.1, -0.05) is 13.8 Å². The summed E-state index contributed by atoms with van der Waals surface area (Å²) in [6.45, 7) is 8.50. The van der Waals surface area contributed by atoms with E-state index in [2.05, 4.69) is 0 Å². The quantitative estimate of drug-likeness (QED) is 0.708. The van der Waals surface area contributed by atoms with Gasteiger partial charge in [-0.05, 0) is 13.8 Å². The summed E-state index contributed by atoms with van der Waals surface area (Å²) in [5.41, 5.74) is 0. The van der Waals surface area contributed by atoms with E-state index in [0.29, 0.717) is 13.2 Å². The molecule has 2 aliphatic rings. The summed E-state index contributed by atoms with van der Waals surface area (Å²) in [5, 5.41) is 0. The maximum absolute atomic E-state index is 11.6. The van der Waals surface area contributed by atoms with Crippen molar-refractivity contribution in [3.63, 3.8) is 0 Å². The molecule has 2 unspecified atom stereocenters. The summed E-state index contributed by atoms with van der Waals surface area (Å²) in [7, 11) is 0. The molecule has 18 heavy (non-hydrogen) atoms. The Morgan fingerprint density at radius 1 is 1.06 bits per heavy atom. The highest BCUT2D eigenvalue weighted by molar-refractivity contribution is 5.71. The van der Waals surface area contributed by atoms with Crippen LogP contribution in [0.15, 0.2) is 0 Å². The Bertz CT molecular complexity index is 302. The summed E-state index contributed by atoms with van der Waals surface area (Å²) in [6, 6.07) is 0. The molecule has 2 fully saturated rings. The zero-order valence-electron chi connectivity index (χ0n) is 11.4. The lowest BCUT2D eigenvalue weighted by molar-refractivity contribution is -0.157. The first-order chi connectivity index (χ1) is 8.49. The van der Waals surface area contributed by atoms with E-state index >= 15 is 0 Å². The molecule has 0 radical (unpaired) electrons. The predicted octanol–water partition coefficient (Wildman–Crippen LogP) is 1.15. The topological polar surface area (TPSA) is 54.0 Å². The molecule has 2 saturated heterocycles. The van der Waals surface area contributed by atoms with Gasteiger partial charge in [0.05, 0.1) is 25.2 Å². The summed E-state index contributed by atoms with van der Waals surface area (Å²) < 4.78 is 22.4. The van der Waals surface area contributed by atoms with Gasteiger partial charge < -0.3 is 18.9 Å². The molecule has 2 rings (SSSR count). The van der Waals surface area contributed by atoms with Crippen LogP contribution >= 0.6 is 0 Å². The molecule has 0 aromatic rings. The van der Waals surface area contributed by atoms with Crippen LogP contribution in [0.25, 0.3) is 0 Å². The molecular formula is C13H22O5. The molecule has 2 aliphatic heterocycles. The normalized spacial score (nSPS) is 35.2. The second-order valence-corrected chi connectivity index (χ2v) is 5.45. The average molecular weight is 258 g/mol. The molecule has 0 saturated carbocycles. The number of hydrogen-bond donors (Lipinski definition) is 0. The third kappa shape index (κ3) is 2.84. The lowest BCUT2D eigenvalue weighted by Gasteiger charge is -2.19. The van der Waals surface area contributed by atoms with Gasteiger partial charge in [-0.25, -0.2) is 0 Å². The van der Waals surface area contributed by atoms with E-state index < -0.39 is 0 Å². The molecule has 0 aromatic heterocycles. The highest BCUT2D eigenvalue weighted by Gasteiger charge is 2.50. The van der Waals surface area contributed by atoms with E-state index in [1.807, 2.05) is 27.7 Å². The summed E-state index contributed by atoms with van der Waals surface area (Å²) in [5.74, 6) is -0.339. The van der Waals surface area contributed by atoms with Crippen molar-refractivity contribution in [1.82, 2.24) is 0 Å². The molecule has 5 nitrogen and oxygen atoms in total. The van der Waals surface area contributed by atoms with Gasteiger partial charge in [-0.2, -0.15) is 0 Å². The first kappa shape index (κ1) is 13.8. The van der Waals surface area contributed by atoms with Gasteiger partial charge >= 0.3 is 5.97 Å². The highest BCUT2D eigenvalue weighted by Crippen LogP contribution is 2.31. The van der Waals surface area contributed by atoms with Crippen molar-refractivity contribution in [2.24, 2.45) is 5.92 Å². The van der Waals surface area contributed by atoms with E-state index in [-0.39, 0.29) is 42.4 Å². The van der Waals surface area contributed by atoms with Crippen molar-refractivity contribution in [2.75, 3.05) is 13.2 Å². The molecule has 0 aromatic carbocycles. The largest absolute Gasteiger partial charge is 0.457 e. The first-order valence-corrected chi connectivity index (χ1v) is 6.58. The first-order valence-electron chi connectivity index (χ1n) is 6.58. The average Bonchev–Trinajstić information content (AvgIpc) is 2.82. The number of carbonyl (C=O) groups is 1. The number of esters is 1. The fourth-order valence-corrected chi connectivity index (χ4v) is 2.28. The highest BCUT2D eigenvalue weighted by atomic mass is 16.7. The number of fused-ring (bicyclic) bond motifs is 1.